The molecule has 60 valence electrons. The minimum Gasteiger partial charge on any atom is -0.297 e. The maximum atomic E-state index is 3.90. The van der Waals surface area contributed by atoms with E-state index in [0.29, 0.717) is 5.54 Å². The quantitative estimate of drug-likeness (QED) is 0.512. The lowest BCUT2D eigenvalue weighted by atomic mass is 9.55. The predicted molar refractivity (Wildman–Crippen MR) is 45.3 cm³/mol. The van der Waals surface area contributed by atoms with Crippen LogP contribution >= 0.6 is 0 Å². The van der Waals surface area contributed by atoms with Gasteiger partial charge in [-0.15, -0.1) is 6.58 Å². The van der Waals surface area contributed by atoms with E-state index in [9.17, 15) is 0 Å². The van der Waals surface area contributed by atoms with E-state index >= 15 is 0 Å². The first-order valence-corrected chi connectivity index (χ1v) is 4.74. The van der Waals surface area contributed by atoms with Gasteiger partial charge >= 0.3 is 0 Å². The molecule has 0 aromatic heterocycles. The standard InChI is InChI=1S/C10H15N/c1-2-8-7-10-4-6-11(10)5-3-9(8)10/h2,8-9H,1,3-7H2/t8-,9?,10?/m0/s1. The molecule has 1 nitrogen and oxygen atoms in total. The third kappa shape index (κ3) is 0.506. The Morgan fingerprint density at radius 2 is 2.36 bits per heavy atom. The van der Waals surface area contributed by atoms with E-state index in [0.717, 1.165) is 11.8 Å². The monoisotopic (exact) mass is 149 g/mol. The summed E-state index contributed by atoms with van der Waals surface area (Å²) in [7, 11) is 0. The summed E-state index contributed by atoms with van der Waals surface area (Å²) >= 11 is 0. The highest BCUT2D eigenvalue weighted by Crippen LogP contribution is 2.60. The Labute approximate surface area is 68.1 Å². The minimum absolute atomic E-state index is 0.707. The maximum Gasteiger partial charge on any atom is 0.0261 e. The fourth-order valence-corrected chi connectivity index (χ4v) is 3.51. The van der Waals surface area contributed by atoms with Crippen LogP contribution in [0.5, 0.6) is 0 Å². The summed E-state index contributed by atoms with van der Waals surface area (Å²) in [5.41, 5.74) is 0.707. The summed E-state index contributed by atoms with van der Waals surface area (Å²) in [5, 5.41) is 0. The summed E-state index contributed by atoms with van der Waals surface area (Å²) in [5.74, 6) is 1.86. The number of rotatable bonds is 1. The van der Waals surface area contributed by atoms with Crippen molar-refractivity contribution in [1.82, 2.24) is 4.90 Å². The second-order valence-corrected chi connectivity index (χ2v) is 4.34. The van der Waals surface area contributed by atoms with Gasteiger partial charge in [0.25, 0.3) is 0 Å². The molecular formula is C10H15N. The highest BCUT2D eigenvalue weighted by atomic mass is 15.3. The first-order valence-electron chi connectivity index (χ1n) is 4.74. The van der Waals surface area contributed by atoms with Gasteiger partial charge in [0.05, 0.1) is 0 Å². The van der Waals surface area contributed by atoms with Gasteiger partial charge in [0.1, 0.15) is 0 Å². The van der Waals surface area contributed by atoms with Crippen LogP contribution in [0.25, 0.3) is 0 Å². The first kappa shape index (κ1) is 6.24. The smallest absolute Gasteiger partial charge is 0.0261 e. The summed E-state index contributed by atoms with van der Waals surface area (Å²) in [6, 6.07) is 0. The zero-order chi connectivity index (χ0) is 7.47. The molecule has 2 heterocycles. The Morgan fingerprint density at radius 3 is 3.00 bits per heavy atom. The fraction of sp³-hybridized carbons (Fsp3) is 0.800. The Morgan fingerprint density at radius 1 is 1.45 bits per heavy atom. The molecule has 2 unspecified atom stereocenters. The van der Waals surface area contributed by atoms with Crippen molar-refractivity contribution >= 4 is 0 Å². The van der Waals surface area contributed by atoms with Gasteiger partial charge < -0.3 is 0 Å². The third-order valence-electron chi connectivity index (χ3n) is 4.25. The average Bonchev–Trinajstić information content (AvgIpc) is 2.10. The van der Waals surface area contributed by atoms with Gasteiger partial charge in [-0.1, -0.05) is 6.08 Å². The first-order chi connectivity index (χ1) is 5.37. The van der Waals surface area contributed by atoms with E-state index in [2.05, 4.69) is 17.6 Å². The molecule has 0 amide bonds. The Hall–Kier alpha value is -0.300. The van der Waals surface area contributed by atoms with Crippen LogP contribution in [0.4, 0.5) is 0 Å². The molecule has 1 saturated carbocycles. The van der Waals surface area contributed by atoms with Gasteiger partial charge in [-0.25, -0.2) is 0 Å². The van der Waals surface area contributed by atoms with E-state index in [1.807, 2.05) is 0 Å². The Kier molecular flexibility index (Phi) is 0.972. The molecule has 11 heavy (non-hydrogen) atoms. The summed E-state index contributed by atoms with van der Waals surface area (Å²) in [6.45, 7) is 6.65. The lowest BCUT2D eigenvalue weighted by molar-refractivity contribution is -0.0921. The highest BCUT2D eigenvalue weighted by molar-refractivity contribution is 5.21. The Balaban J connectivity index is 1.87. The normalized spacial score (nSPS) is 53.8. The van der Waals surface area contributed by atoms with E-state index in [1.54, 1.807) is 0 Å². The van der Waals surface area contributed by atoms with E-state index in [1.165, 1.54) is 32.4 Å². The van der Waals surface area contributed by atoms with E-state index < -0.39 is 0 Å². The second-order valence-electron chi connectivity index (χ2n) is 4.34. The van der Waals surface area contributed by atoms with Crippen molar-refractivity contribution in [2.45, 2.75) is 24.8 Å². The molecule has 0 aromatic rings. The Bertz CT molecular complexity index is 211. The summed E-state index contributed by atoms with van der Waals surface area (Å²) in [4.78, 5) is 2.69. The third-order valence-corrected chi connectivity index (χ3v) is 4.25. The van der Waals surface area contributed by atoms with Gasteiger partial charge in [0, 0.05) is 12.1 Å². The molecule has 0 aromatic carbocycles. The van der Waals surface area contributed by atoms with Crippen molar-refractivity contribution in [2.24, 2.45) is 11.8 Å². The van der Waals surface area contributed by atoms with Crippen molar-refractivity contribution < 1.29 is 0 Å². The van der Waals surface area contributed by atoms with Gasteiger partial charge in [0.2, 0.25) is 0 Å². The average molecular weight is 149 g/mol. The van der Waals surface area contributed by atoms with Crippen LogP contribution in [0, 0.1) is 11.8 Å². The number of nitrogens with zero attached hydrogens (tertiary/aromatic N) is 1. The summed E-state index contributed by atoms with van der Waals surface area (Å²) in [6.07, 6.45) is 6.51. The molecule has 3 aliphatic rings. The molecule has 1 spiro atoms. The predicted octanol–water partition coefficient (Wildman–Crippen LogP) is 1.66. The van der Waals surface area contributed by atoms with E-state index in [4.69, 9.17) is 0 Å². The molecule has 2 aliphatic heterocycles. The number of allylic oxidation sites excluding steroid dienone is 1. The van der Waals surface area contributed by atoms with Crippen molar-refractivity contribution in [3.8, 4) is 0 Å². The molecule has 3 fully saturated rings. The van der Waals surface area contributed by atoms with Crippen LogP contribution in [-0.2, 0) is 0 Å². The van der Waals surface area contributed by atoms with Crippen molar-refractivity contribution in [2.75, 3.05) is 13.1 Å². The number of hydrogen-bond donors (Lipinski definition) is 0. The number of hydrogen-bond acceptors (Lipinski definition) is 1. The van der Waals surface area contributed by atoms with Crippen molar-refractivity contribution in [1.29, 1.82) is 0 Å². The minimum atomic E-state index is 0.707. The van der Waals surface area contributed by atoms with Crippen LogP contribution in [0.1, 0.15) is 19.3 Å². The maximum absolute atomic E-state index is 3.90. The molecule has 3 atom stereocenters. The highest BCUT2D eigenvalue weighted by Gasteiger charge is 2.63. The molecule has 0 N–H and O–H groups in total. The topological polar surface area (TPSA) is 3.24 Å². The fourth-order valence-electron chi connectivity index (χ4n) is 3.51. The molecule has 1 heteroatoms. The zero-order valence-corrected chi connectivity index (χ0v) is 6.92. The molecule has 2 saturated heterocycles. The van der Waals surface area contributed by atoms with Gasteiger partial charge in [-0.3, -0.25) is 4.90 Å². The van der Waals surface area contributed by atoms with Crippen molar-refractivity contribution in [3.05, 3.63) is 12.7 Å². The molecule has 0 bridgehead atoms. The lowest BCUT2D eigenvalue weighted by Crippen LogP contribution is -2.66. The van der Waals surface area contributed by atoms with Crippen LogP contribution in [-0.4, -0.2) is 23.5 Å². The van der Waals surface area contributed by atoms with Gasteiger partial charge in [0.15, 0.2) is 0 Å². The van der Waals surface area contributed by atoms with Gasteiger partial charge in [-0.2, -0.15) is 0 Å². The summed E-state index contributed by atoms with van der Waals surface area (Å²) < 4.78 is 0. The molecule has 3 rings (SSSR count). The van der Waals surface area contributed by atoms with Crippen molar-refractivity contribution in [3.63, 3.8) is 0 Å². The largest absolute Gasteiger partial charge is 0.297 e. The van der Waals surface area contributed by atoms with Crippen LogP contribution in [0.3, 0.4) is 0 Å². The van der Waals surface area contributed by atoms with Crippen LogP contribution < -0.4 is 0 Å². The molecular weight excluding hydrogens is 134 g/mol. The lowest BCUT2D eigenvalue weighted by Gasteiger charge is -2.61. The zero-order valence-electron chi connectivity index (χ0n) is 6.92. The second kappa shape index (κ2) is 1.71. The van der Waals surface area contributed by atoms with Gasteiger partial charge in [-0.05, 0) is 37.6 Å². The SMILES string of the molecule is C=C[C@H]1CC23CCN2CCC13. The van der Waals surface area contributed by atoms with E-state index in [-0.39, 0.29) is 0 Å². The van der Waals surface area contributed by atoms with Crippen LogP contribution in [0.2, 0.25) is 0 Å². The molecule has 0 radical (unpaired) electrons. The molecule has 1 aliphatic carbocycles. The van der Waals surface area contributed by atoms with Crippen LogP contribution in [0.15, 0.2) is 12.7 Å².